The molecule has 1 aliphatic carbocycles. The van der Waals surface area contributed by atoms with E-state index in [1.54, 1.807) is 23.3 Å². The van der Waals surface area contributed by atoms with Crippen molar-refractivity contribution in [1.82, 2.24) is 20.0 Å². The highest BCUT2D eigenvalue weighted by Crippen LogP contribution is 2.45. The minimum Gasteiger partial charge on any atom is -0.265 e. The van der Waals surface area contributed by atoms with E-state index in [4.69, 9.17) is 5.14 Å². The molecule has 20 heavy (non-hydrogen) atoms. The lowest BCUT2D eigenvalue weighted by molar-refractivity contribution is 0.337. The fourth-order valence-electron chi connectivity index (χ4n) is 2.44. The van der Waals surface area contributed by atoms with Gasteiger partial charge in [0.05, 0.1) is 12.7 Å². The third-order valence-corrected chi connectivity index (χ3v) is 5.51. The van der Waals surface area contributed by atoms with Crippen LogP contribution in [0.1, 0.15) is 30.5 Å². The van der Waals surface area contributed by atoms with Crippen LogP contribution in [0, 0.1) is 0 Å². The van der Waals surface area contributed by atoms with Crippen molar-refractivity contribution in [3.63, 3.8) is 0 Å². The first-order valence-electron chi connectivity index (χ1n) is 6.33. The van der Waals surface area contributed by atoms with E-state index in [9.17, 15) is 8.42 Å². The Labute approximate surface area is 116 Å². The number of hydrogen-bond donors (Lipinski definition) is 1. The van der Waals surface area contributed by atoms with Gasteiger partial charge in [-0.3, -0.25) is 4.98 Å². The summed E-state index contributed by atoms with van der Waals surface area (Å²) in [6, 6.07) is 3.75. The summed E-state index contributed by atoms with van der Waals surface area (Å²) < 4.78 is 24.2. The quantitative estimate of drug-likeness (QED) is 0.878. The van der Waals surface area contributed by atoms with Gasteiger partial charge in [-0.1, -0.05) is 5.21 Å². The van der Waals surface area contributed by atoms with Gasteiger partial charge in [0.1, 0.15) is 10.4 Å². The molecule has 0 atom stereocenters. The highest BCUT2D eigenvalue weighted by molar-refractivity contribution is 7.90. The third-order valence-electron chi connectivity index (χ3n) is 3.81. The van der Waals surface area contributed by atoms with E-state index in [1.165, 1.54) is 0 Å². The van der Waals surface area contributed by atoms with Gasteiger partial charge in [-0.05, 0) is 37.0 Å². The zero-order valence-corrected chi connectivity index (χ0v) is 11.6. The molecule has 0 saturated heterocycles. The second kappa shape index (κ2) is 4.64. The fourth-order valence-corrected chi connectivity index (χ4v) is 3.69. The lowest BCUT2D eigenvalue weighted by Crippen LogP contribution is -2.46. The van der Waals surface area contributed by atoms with Crippen molar-refractivity contribution in [2.75, 3.05) is 0 Å². The molecule has 0 aromatic carbocycles. The largest absolute Gasteiger partial charge is 0.265 e. The zero-order chi connectivity index (χ0) is 14.2. The van der Waals surface area contributed by atoms with Crippen LogP contribution in [0.4, 0.5) is 0 Å². The number of nitrogens with two attached hydrogens (primary N) is 1. The van der Waals surface area contributed by atoms with Gasteiger partial charge in [0.2, 0.25) is 10.0 Å². The molecule has 8 heteroatoms. The van der Waals surface area contributed by atoms with Gasteiger partial charge in [-0.2, -0.15) is 0 Å². The molecule has 1 aliphatic rings. The summed E-state index contributed by atoms with van der Waals surface area (Å²) in [5.74, 6) is 0. The molecule has 1 saturated carbocycles. The normalized spacial score (nSPS) is 17.6. The van der Waals surface area contributed by atoms with Crippen molar-refractivity contribution in [3.05, 3.63) is 42.0 Å². The zero-order valence-electron chi connectivity index (χ0n) is 10.8. The van der Waals surface area contributed by atoms with E-state index in [2.05, 4.69) is 15.3 Å². The summed E-state index contributed by atoms with van der Waals surface area (Å²) in [6.45, 7) is 0.524. The van der Waals surface area contributed by atoms with Crippen LogP contribution in [0.5, 0.6) is 0 Å². The van der Waals surface area contributed by atoms with Crippen molar-refractivity contribution in [1.29, 1.82) is 0 Å². The first kappa shape index (κ1) is 13.2. The number of pyridine rings is 1. The van der Waals surface area contributed by atoms with Crippen LogP contribution in [0.3, 0.4) is 0 Å². The van der Waals surface area contributed by atoms with Crippen molar-refractivity contribution in [2.24, 2.45) is 5.14 Å². The average Bonchev–Trinajstić information content (AvgIpc) is 2.75. The van der Waals surface area contributed by atoms with Gasteiger partial charge in [-0.25, -0.2) is 18.2 Å². The van der Waals surface area contributed by atoms with Crippen LogP contribution in [-0.2, 0) is 21.3 Å². The van der Waals surface area contributed by atoms with Crippen LogP contribution < -0.4 is 5.14 Å². The van der Waals surface area contributed by atoms with Crippen LogP contribution in [-0.4, -0.2) is 28.4 Å². The molecule has 106 valence electrons. The summed E-state index contributed by atoms with van der Waals surface area (Å²) in [4.78, 5) is 3.95. The van der Waals surface area contributed by atoms with E-state index in [0.29, 0.717) is 25.1 Å². The maximum absolute atomic E-state index is 11.8. The molecule has 0 amide bonds. The Balaban J connectivity index is 1.87. The molecule has 0 radical (unpaired) electrons. The first-order valence-corrected chi connectivity index (χ1v) is 7.88. The molecular formula is C12H15N5O2S. The Bertz CT molecular complexity index is 706. The summed E-state index contributed by atoms with van der Waals surface area (Å²) in [7, 11) is -3.67. The number of sulfonamides is 1. The van der Waals surface area contributed by atoms with Gasteiger partial charge in [0.15, 0.2) is 0 Å². The number of primary sulfonamides is 1. The van der Waals surface area contributed by atoms with Gasteiger partial charge in [-0.15, -0.1) is 5.10 Å². The standard InChI is InChI=1S/C12H15N5O2S/c13-20(18,19)12(4-1-5-12)11-9-17(16-15-11)8-10-2-6-14-7-3-10/h2-3,6-7,9H,1,4-5,8H2,(H2,13,18,19). The van der Waals surface area contributed by atoms with E-state index < -0.39 is 14.8 Å². The molecule has 2 aromatic heterocycles. The molecule has 0 aliphatic heterocycles. The van der Waals surface area contributed by atoms with E-state index in [0.717, 1.165) is 12.0 Å². The van der Waals surface area contributed by atoms with Gasteiger partial charge in [0.25, 0.3) is 0 Å². The van der Waals surface area contributed by atoms with Gasteiger partial charge < -0.3 is 0 Å². The van der Waals surface area contributed by atoms with Gasteiger partial charge >= 0.3 is 0 Å². The molecule has 1 fully saturated rings. The van der Waals surface area contributed by atoms with Crippen LogP contribution in [0.15, 0.2) is 30.7 Å². The Morgan fingerprint density at radius 3 is 2.55 bits per heavy atom. The molecule has 2 aromatic rings. The first-order chi connectivity index (χ1) is 9.51. The minimum absolute atomic E-state index is 0.445. The molecular weight excluding hydrogens is 278 g/mol. The highest BCUT2D eigenvalue weighted by atomic mass is 32.2. The average molecular weight is 293 g/mol. The van der Waals surface area contributed by atoms with Crippen LogP contribution >= 0.6 is 0 Å². The van der Waals surface area contributed by atoms with Crippen LogP contribution in [0.25, 0.3) is 0 Å². The van der Waals surface area contributed by atoms with Crippen LogP contribution in [0.2, 0.25) is 0 Å². The maximum atomic E-state index is 11.8. The second-order valence-electron chi connectivity index (χ2n) is 5.05. The molecule has 3 rings (SSSR count). The highest BCUT2D eigenvalue weighted by Gasteiger charge is 2.50. The summed E-state index contributed by atoms with van der Waals surface area (Å²) in [6.07, 6.45) is 6.94. The summed E-state index contributed by atoms with van der Waals surface area (Å²) in [5.41, 5.74) is 1.47. The minimum atomic E-state index is -3.67. The Morgan fingerprint density at radius 2 is 2.00 bits per heavy atom. The van der Waals surface area contributed by atoms with Crippen molar-refractivity contribution in [3.8, 4) is 0 Å². The van der Waals surface area contributed by atoms with Crippen molar-refractivity contribution in [2.45, 2.75) is 30.6 Å². The van der Waals surface area contributed by atoms with E-state index in [-0.39, 0.29) is 0 Å². The predicted octanol–water partition coefficient (Wildman–Crippen LogP) is 0.389. The predicted molar refractivity (Wildman–Crippen MR) is 72.0 cm³/mol. The Kier molecular flexibility index (Phi) is 3.06. The molecule has 0 bridgehead atoms. The molecule has 2 N–H and O–H groups in total. The topological polar surface area (TPSA) is 104 Å². The Hall–Kier alpha value is -1.80. The number of nitrogens with zero attached hydrogens (tertiary/aromatic N) is 4. The molecule has 0 spiro atoms. The monoisotopic (exact) mass is 293 g/mol. The van der Waals surface area contributed by atoms with E-state index in [1.807, 2.05) is 12.1 Å². The number of hydrogen-bond acceptors (Lipinski definition) is 5. The van der Waals surface area contributed by atoms with E-state index >= 15 is 0 Å². The second-order valence-corrected chi connectivity index (χ2v) is 6.92. The Morgan fingerprint density at radius 1 is 1.30 bits per heavy atom. The van der Waals surface area contributed by atoms with Gasteiger partial charge in [0, 0.05) is 12.4 Å². The van der Waals surface area contributed by atoms with Crippen molar-refractivity contribution < 1.29 is 8.42 Å². The number of rotatable bonds is 4. The lowest BCUT2D eigenvalue weighted by atomic mass is 9.82. The summed E-state index contributed by atoms with van der Waals surface area (Å²) >= 11 is 0. The molecule has 0 unspecified atom stereocenters. The smallest absolute Gasteiger partial charge is 0.220 e. The maximum Gasteiger partial charge on any atom is 0.220 e. The molecule has 2 heterocycles. The van der Waals surface area contributed by atoms with Crippen molar-refractivity contribution >= 4 is 10.0 Å². The fraction of sp³-hybridized carbons (Fsp3) is 0.417. The third kappa shape index (κ3) is 2.10. The summed E-state index contributed by atoms with van der Waals surface area (Å²) in [5, 5.41) is 13.4. The SMILES string of the molecule is NS(=O)(=O)C1(c2cn(Cc3ccncc3)nn2)CCC1. The molecule has 7 nitrogen and oxygen atoms in total. The lowest BCUT2D eigenvalue weighted by Gasteiger charge is -2.37. The number of aromatic nitrogens is 4.